The first-order valence-corrected chi connectivity index (χ1v) is 10.8. The van der Waals surface area contributed by atoms with Gasteiger partial charge in [-0.3, -0.25) is 9.67 Å². The predicted octanol–water partition coefficient (Wildman–Crippen LogP) is 3.58. The zero-order chi connectivity index (χ0) is 21.6. The lowest BCUT2D eigenvalue weighted by Crippen LogP contribution is -2.48. The normalized spacial score (nSPS) is 16.7. The molecular formula is C23H31IN6O2. The Morgan fingerprint density at radius 1 is 1.28 bits per heavy atom. The maximum atomic E-state index is 5.96. The topological polar surface area (TPSA) is 80.7 Å². The van der Waals surface area contributed by atoms with E-state index in [1.807, 2.05) is 31.6 Å². The van der Waals surface area contributed by atoms with E-state index in [9.17, 15) is 0 Å². The van der Waals surface area contributed by atoms with Crippen molar-refractivity contribution in [3.05, 3.63) is 59.7 Å². The molecule has 9 heteroatoms. The number of guanidine groups is 1. The molecule has 1 fully saturated rings. The molecule has 8 nitrogen and oxygen atoms in total. The fourth-order valence-corrected chi connectivity index (χ4v) is 3.60. The Balaban J connectivity index is 0.00000289. The van der Waals surface area contributed by atoms with Crippen LogP contribution in [-0.4, -0.2) is 58.4 Å². The minimum absolute atomic E-state index is 0. The van der Waals surface area contributed by atoms with Gasteiger partial charge in [0, 0.05) is 50.4 Å². The first-order valence-electron chi connectivity index (χ1n) is 10.8. The van der Waals surface area contributed by atoms with Crippen LogP contribution in [0.2, 0.25) is 0 Å². The second kappa shape index (κ2) is 11.5. The van der Waals surface area contributed by atoms with E-state index in [1.54, 1.807) is 10.9 Å². The summed E-state index contributed by atoms with van der Waals surface area (Å²) in [5.41, 5.74) is 4.21. The van der Waals surface area contributed by atoms with Gasteiger partial charge in [0.1, 0.15) is 12.4 Å². The maximum Gasteiger partial charge on any atom is 0.226 e. The zero-order valence-corrected chi connectivity index (χ0v) is 21.2. The molecular weight excluding hydrogens is 519 g/mol. The Labute approximate surface area is 206 Å². The van der Waals surface area contributed by atoms with Crippen LogP contribution in [0.1, 0.15) is 29.8 Å². The molecule has 1 aromatic carbocycles. The molecule has 1 aliphatic rings. The van der Waals surface area contributed by atoms with Gasteiger partial charge in [0.05, 0.1) is 25.0 Å². The number of ether oxygens (including phenoxy) is 1. The smallest absolute Gasteiger partial charge is 0.226 e. The lowest BCUT2D eigenvalue weighted by atomic mass is 10.1. The Bertz CT molecular complexity index is 1010. The Morgan fingerprint density at radius 3 is 2.81 bits per heavy atom. The summed E-state index contributed by atoms with van der Waals surface area (Å²) in [7, 11) is 1.92. The number of hydrogen-bond donors (Lipinski definition) is 1. The van der Waals surface area contributed by atoms with Crippen molar-refractivity contribution in [2.75, 3.05) is 32.8 Å². The van der Waals surface area contributed by atoms with Gasteiger partial charge in [-0.1, -0.05) is 17.7 Å². The highest BCUT2D eigenvalue weighted by atomic mass is 127. The van der Waals surface area contributed by atoms with Crippen molar-refractivity contribution < 1.29 is 9.15 Å². The van der Waals surface area contributed by atoms with Crippen molar-refractivity contribution in [1.29, 1.82) is 0 Å². The molecule has 1 saturated heterocycles. The van der Waals surface area contributed by atoms with Crippen molar-refractivity contribution >= 4 is 29.9 Å². The zero-order valence-electron chi connectivity index (χ0n) is 18.8. The molecule has 0 spiro atoms. The number of nitrogens with zero attached hydrogens (tertiary/aromatic N) is 5. The highest BCUT2D eigenvalue weighted by Gasteiger charge is 2.25. The average Bonchev–Trinajstić information content (AvgIpc) is 3.43. The number of nitrogens with one attached hydrogen (secondary N) is 1. The molecule has 0 bridgehead atoms. The van der Waals surface area contributed by atoms with Gasteiger partial charge in [0.15, 0.2) is 5.96 Å². The quantitative estimate of drug-likeness (QED) is 0.287. The second-order valence-corrected chi connectivity index (χ2v) is 7.75. The summed E-state index contributed by atoms with van der Waals surface area (Å²) in [5.74, 6) is 1.56. The van der Waals surface area contributed by atoms with Gasteiger partial charge in [0.2, 0.25) is 5.89 Å². The third kappa shape index (κ3) is 6.10. The molecule has 4 rings (SSSR count). The van der Waals surface area contributed by atoms with Gasteiger partial charge in [-0.05, 0) is 26.0 Å². The molecule has 1 unspecified atom stereocenters. The molecule has 32 heavy (non-hydrogen) atoms. The van der Waals surface area contributed by atoms with Crippen molar-refractivity contribution in [2.45, 2.75) is 26.4 Å². The minimum Gasteiger partial charge on any atom is -0.444 e. The number of halogens is 1. The average molecular weight is 550 g/mol. The van der Waals surface area contributed by atoms with Crippen LogP contribution in [0.4, 0.5) is 0 Å². The van der Waals surface area contributed by atoms with Crippen LogP contribution in [0.15, 0.2) is 52.3 Å². The molecule has 1 aliphatic heterocycles. The van der Waals surface area contributed by atoms with Crippen molar-refractivity contribution in [2.24, 2.45) is 12.0 Å². The van der Waals surface area contributed by atoms with E-state index in [4.69, 9.17) is 14.1 Å². The fourth-order valence-electron chi connectivity index (χ4n) is 3.60. The van der Waals surface area contributed by atoms with Crippen LogP contribution in [0.3, 0.4) is 0 Å². The molecule has 3 heterocycles. The van der Waals surface area contributed by atoms with Crippen molar-refractivity contribution in [3.8, 4) is 11.5 Å². The van der Waals surface area contributed by atoms with Crippen LogP contribution in [0.25, 0.3) is 11.5 Å². The molecule has 1 atom stereocenters. The number of aliphatic imine (C=N–C) groups is 1. The van der Waals surface area contributed by atoms with Gasteiger partial charge >= 0.3 is 0 Å². The maximum absolute atomic E-state index is 5.96. The number of oxazole rings is 1. The highest BCUT2D eigenvalue weighted by molar-refractivity contribution is 14.0. The van der Waals surface area contributed by atoms with Gasteiger partial charge in [-0.15, -0.1) is 24.0 Å². The van der Waals surface area contributed by atoms with Gasteiger partial charge in [0.25, 0.3) is 0 Å². The second-order valence-electron chi connectivity index (χ2n) is 7.75. The summed E-state index contributed by atoms with van der Waals surface area (Å²) in [4.78, 5) is 11.7. The van der Waals surface area contributed by atoms with Crippen LogP contribution in [-0.2, 0) is 18.2 Å². The number of rotatable bonds is 6. The van der Waals surface area contributed by atoms with E-state index in [1.165, 1.54) is 5.56 Å². The Kier molecular flexibility index (Phi) is 8.68. The molecule has 1 N–H and O–H groups in total. The lowest BCUT2D eigenvalue weighted by Gasteiger charge is -2.34. The predicted molar refractivity (Wildman–Crippen MR) is 135 cm³/mol. The Hall–Kier alpha value is -2.40. The summed E-state index contributed by atoms with van der Waals surface area (Å²) >= 11 is 0. The fraction of sp³-hybridized carbons (Fsp3) is 0.435. The van der Waals surface area contributed by atoms with E-state index in [2.05, 4.69) is 46.3 Å². The standard InChI is InChI=1S/C23H30N6O2.HI/c1-4-24-23(29-11-12-30-21(15-29)19-13-26-28(3)14-19)25-10-9-20-16-31-22(27-20)18-7-5-17(2)6-8-18;/h5-8,13-14,16,21H,4,9-12,15H2,1-3H3,(H,24,25);1H. The SMILES string of the molecule is CCNC(=NCCc1coc(-c2ccc(C)cc2)n1)N1CCOC(c2cnn(C)c2)C1.I. The van der Waals surface area contributed by atoms with E-state index < -0.39 is 0 Å². The number of benzene rings is 1. The van der Waals surface area contributed by atoms with Crippen LogP contribution >= 0.6 is 24.0 Å². The summed E-state index contributed by atoms with van der Waals surface area (Å²) < 4.78 is 13.4. The molecule has 172 valence electrons. The van der Waals surface area contributed by atoms with Crippen molar-refractivity contribution in [3.63, 3.8) is 0 Å². The molecule has 0 amide bonds. The summed E-state index contributed by atoms with van der Waals surface area (Å²) in [5, 5.41) is 7.67. The Morgan fingerprint density at radius 2 is 2.09 bits per heavy atom. The number of aryl methyl sites for hydroxylation is 2. The summed E-state index contributed by atoms with van der Waals surface area (Å²) in [6.45, 7) is 7.82. The van der Waals surface area contributed by atoms with Crippen molar-refractivity contribution in [1.82, 2.24) is 25.0 Å². The van der Waals surface area contributed by atoms with Crippen LogP contribution in [0, 0.1) is 6.92 Å². The van der Waals surface area contributed by atoms with Gasteiger partial charge in [-0.25, -0.2) is 4.98 Å². The van der Waals surface area contributed by atoms with E-state index in [0.717, 1.165) is 48.8 Å². The molecule has 3 aromatic rings. The van der Waals surface area contributed by atoms with Crippen LogP contribution < -0.4 is 5.32 Å². The molecule has 0 saturated carbocycles. The third-order valence-electron chi connectivity index (χ3n) is 5.28. The number of aromatic nitrogens is 3. The van der Waals surface area contributed by atoms with E-state index >= 15 is 0 Å². The van der Waals surface area contributed by atoms with Gasteiger partial charge < -0.3 is 19.4 Å². The minimum atomic E-state index is -0.00101. The number of hydrogen-bond acceptors (Lipinski definition) is 5. The lowest BCUT2D eigenvalue weighted by molar-refractivity contribution is -0.00803. The van der Waals surface area contributed by atoms with Gasteiger partial charge in [-0.2, -0.15) is 5.10 Å². The van der Waals surface area contributed by atoms with E-state index in [-0.39, 0.29) is 30.1 Å². The third-order valence-corrected chi connectivity index (χ3v) is 5.28. The molecule has 0 radical (unpaired) electrons. The number of morpholine rings is 1. The summed E-state index contributed by atoms with van der Waals surface area (Å²) in [6.07, 6.45) is 6.33. The molecule has 0 aliphatic carbocycles. The monoisotopic (exact) mass is 550 g/mol. The molecule has 2 aromatic heterocycles. The first-order chi connectivity index (χ1) is 15.1. The van der Waals surface area contributed by atoms with Crippen LogP contribution in [0.5, 0.6) is 0 Å². The summed E-state index contributed by atoms with van der Waals surface area (Å²) in [6, 6.07) is 8.19. The highest BCUT2D eigenvalue weighted by Crippen LogP contribution is 2.22. The first kappa shape index (κ1) is 24.2. The largest absolute Gasteiger partial charge is 0.444 e. The van der Waals surface area contributed by atoms with E-state index in [0.29, 0.717) is 19.0 Å².